The number of carboxylic acids is 1. The molecule has 0 aromatic heterocycles. The van der Waals surface area contributed by atoms with Crippen LogP contribution in [-0.2, 0) is 9.53 Å². The normalized spacial score (nSPS) is 16.5. The monoisotopic (exact) mass is 410 g/mol. The first-order valence-electron chi connectivity index (χ1n) is 8.74. The Hall–Kier alpha value is -3.39. The minimum atomic E-state index is -1.04. The first-order valence-corrected chi connectivity index (χ1v) is 9.56. The Morgan fingerprint density at radius 3 is 2.52 bits per heavy atom. The smallest absolute Gasteiger partial charge is 0.337 e. The van der Waals surface area contributed by atoms with E-state index in [0.29, 0.717) is 27.9 Å². The number of nitrogens with zero attached hydrogens (tertiary/aromatic N) is 2. The van der Waals surface area contributed by atoms with Gasteiger partial charge in [-0.1, -0.05) is 18.2 Å². The molecule has 3 rings (SSSR count). The van der Waals surface area contributed by atoms with Gasteiger partial charge in [-0.25, -0.2) is 14.6 Å². The first-order chi connectivity index (χ1) is 13.9. The summed E-state index contributed by atoms with van der Waals surface area (Å²) in [5, 5.41) is 9.61. The van der Waals surface area contributed by atoms with E-state index in [0.717, 1.165) is 5.56 Å². The average Bonchev–Trinajstić information content (AvgIpc) is 3.02. The van der Waals surface area contributed by atoms with E-state index in [1.807, 2.05) is 6.92 Å². The SMILES string of the molecule is CCN1C(=O)C(=Cc2ccc(C(=O)OC)cc2)SC1=Nc1cccc(C(=O)O)c1. The number of carbonyl (C=O) groups is 3. The lowest BCUT2D eigenvalue weighted by molar-refractivity contribution is -0.122. The number of thioether (sulfide) groups is 1. The van der Waals surface area contributed by atoms with Crippen LogP contribution < -0.4 is 0 Å². The zero-order valence-electron chi connectivity index (χ0n) is 15.8. The van der Waals surface area contributed by atoms with E-state index >= 15 is 0 Å². The van der Waals surface area contributed by atoms with Crippen molar-refractivity contribution in [2.75, 3.05) is 13.7 Å². The first kappa shape index (κ1) is 20.3. The molecule has 8 heteroatoms. The molecule has 1 amide bonds. The third-order valence-electron chi connectivity index (χ3n) is 4.15. The molecule has 1 aliphatic rings. The van der Waals surface area contributed by atoms with Crippen LogP contribution in [0.25, 0.3) is 6.08 Å². The van der Waals surface area contributed by atoms with E-state index in [2.05, 4.69) is 9.73 Å². The molecule has 0 spiro atoms. The van der Waals surface area contributed by atoms with Gasteiger partial charge in [-0.3, -0.25) is 9.69 Å². The van der Waals surface area contributed by atoms with Gasteiger partial charge in [0.2, 0.25) is 0 Å². The topological polar surface area (TPSA) is 96.3 Å². The van der Waals surface area contributed by atoms with Gasteiger partial charge in [0.05, 0.1) is 28.8 Å². The molecule has 1 saturated heterocycles. The van der Waals surface area contributed by atoms with Crippen molar-refractivity contribution in [1.82, 2.24) is 4.90 Å². The van der Waals surface area contributed by atoms with Crippen molar-refractivity contribution in [3.05, 3.63) is 70.1 Å². The van der Waals surface area contributed by atoms with Gasteiger partial charge >= 0.3 is 11.9 Å². The van der Waals surface area contributed by atoms with Gasteiger partial charge < -0.3 is 9.84 Å². The lowest BCUT2D eigenvalue weighted by Crippen LogP contribution is -2.28. The molecule has 0 bridgehead atoms. The fourth-order valence-corrected chi connectivity index (χ4v) is 3.74. The van der Waals surface area contributed by atoms with Crippen molar-refractivity contribution in [1.29, 1.82) is 0 Å². The van der Waals surface area contributed by atoms with Crippen LogP contribution >= 0.6 is 11.8 Å². The number of carboxylic acid groups (broad SMARTS) is 1. The Bertz CT molecular complexity index is 1030. The number of hydrogen-bond acceptors (Lipinski definition) is 6. The molecule has 1 heterocycles. The minimum absolute atomic E-state index is 0.130. The number of aromatic carboxylic acids is 1. The highest BCUT2D eigenvalue weighted by atomic mass is 32.2. The number of aliphatic imine (C=N–C) groups is 1. The van der Waals surface area contributed by atoms with Gasteiger partial charge in [-0.05, 0) is 60.7 Å². The maximum Gasteiger partial charge on any atom is 0.337 e. The second kappa shape index (κ2) is 8.74. The summed E-state index contributed by atoms with van der Waals surface area (Å²) in [4.78, 5) is 41.9. The highest BCUT2D eigenvalue weighted by Gasteiger charge is 2.32. The van der Waals surface area contributed by atoms with Crippen molar-refractivity contribution in [3.63, 3.8) is 0 Å². The van der Waals surface area contributed by atoms with Gasteiger partial charge in [-0.2, -0.15) is 0 Å². The molecule has 1 fully saturated rings. The molecule has 2 aromatic rings. The van der Waals surface area contributed by atoms with Crippen molar-refractivity contribution in [2.24, 2.45) is 4.99 Å². The number of hydrogen-bond donors (Lipinski definition) is 1. The Kier molecular flexibility index (Phi) is 6.13. The van der Waals surface area contributed by atoms with Crippen LogP contribution in [0.4, 0.5) is 5.69 Å². The number of esters is 1. The van der Waals surface area contributed by atoms with Crippen molar-refractivity contribution in [2.45, 2.75) is 6.92 Å². The largest absolute Gasteiger partial charge is 0.478 e. The zero-order chi connectivity index (χ0) is 21.0. The summed E-state index contributed by atoms with van der Waals surface area (Å²) in [5.74, 6) is -1.64. The number of amidine groups is 1. The number of benzene rings is 2. The maximum absolute atomic E-state index is 12.7. The second-order valence-corrected chi connectivity index (χ2v) is 7.03. The molecule has 1 N–H and O–H groups in total. The standard InChI is InChI=1S/C21H18N2O5S/c1-3-23-18(24)17(11-13-7-9-14(10-8-13)20(27)28-2)29-21(23)22-16-6-4-5-15(12-16)19(25)26/h4-12H,3H2,1-2H3,(H,25,26). The molecular formula is C21H18N2O5S. The van der Waals surface area contributed by atoms with Crippen molar-refractivity contribution in [3.8, 4) is 0 Å². The summed E-state index contributed by atoms with van der Waals surface area (Å²) in [6.45, 7) is 2.28. The van der Waals surface area contributed by atoms with Gasteiger partial charge in [0.1, 0.15) is 0 Å². The third-order valence-corrected chi connectivity index (χ3v) is 5.16. The van der Waals surface area contributed by atoms with Crippen LogP contribution in [0, 0.1) is 0 Å². The van der Waals surface area contributed by atoms with Crippen LogP contribution in [0.3, 0.4) is 0 Å². The summed E-state index contributed by atoms with van der Waals surface area (Å²) in [6.07, 6.45) is 1.73. The van der Waals surface area contributed by atoms with Crippen molar-refractivity contribution < 1.29 is 24.2 Å². The Labute approximate surface area is 171 Å². The van der Waals surface area contributed by atoms with E-state index in [1.165, 1.54) is 35.9 Å². The fraction of sp³-hybridized carbons (Fsp3) is 0.143. The molecule has 0 radical (unpaired) electrons. The number of carbonyl (C=O) groups excluding carboxylic acids is 2. The van der Waals surface area contributed by atoms with Gasteiger partial charge in [-0.15, -0.1) is 0 Å². The highest BCUT2D eigenvalue weighted by Crippen LogP contribution is 2.34. The van der Waals surface area contributed by atoms with Crippen LogP contribution in [0.5, 0.6) is 0 Å². The van der Waals surface area contributed by atoms with Crippen LogP contribution in [0.15, 0.2) is 58.4 Å². The third kappa shape index (κ3) is 4.55. The predicted molar refractivity (Wildman–Crippen MR) is 111 cm³/mol. The Balaban J connectivity index is 1.88. The van der Waals surface area contributed by atoms with E-state index in [-0.39, 0.29) is 11.5 Å². The average molecular weight is 410 g/mol. The maximum atomic E-state index is 12.7. The Morgan fingerprint density at radius 2 is 1.90 bits per heavy atom. The number of rotatable bonds is 5. The summed E-state index contributed by atoms with van der Waals surface area (Å²) < 4.78 is 4.68. The summed E-state index contributed by atoms with van der Waals surface area (Å²) in [5.41, 5.74) is 1.78. The molecule has 2 aromatic carbocycles. The van der Waals surface area contributed by atoms with Gasteiger partial charge in [0.15, 0.2) is 5.17 Å². The van der Waals surface area contributed by atoms with Crippen LogP contribution in [0.1, 0.15) is 33.2 Å². The lowest BCUT2D eigenvalue weighted by atomic mass is 10.1. The molecular weight excluding hydrogens is 392 g/mol. The second-order valence-electron chi connectivity index (χ2n) is 6.02. The van der Waals surface area contributed by atoms with E-state index in [4.69, 9.17) is 5.11 Å². The lowest BCUT2D eigenvalue weighted by Gasteiger charge is -2.12. The van der Waals surface area contributed by atoms with Crippen LogP contribution in [0.2, 0.25) is 0 Å². The van der Waals surface area contributed by atoms with Gasteiger partial charge in [0.25, 0.3) is 5.91 Å². The highest BCUT2D eigenvalue weighted by molar-refractivity contribution is 8.18. The van der Waals surface area contributed by atoms with E-state index in [1.54, 1.807) is 42.5 Å². The molecule has 0 unspecified atom stereocenters. The summed E-state index contributed by atoms with van der Waals surface area (Å²) in [6, 6.07) is 13.0. The fourth-order valence-electron chi connectivity index (χ4n) is 2.67. The molecule has 0 aliphatic carbocycles. The molecule has 0 saturated carbocycles. The Morgan fingerprint density at radius 1 is 1.17 bits per heavy atom. The quantitative estimate of drug-likeness (QED) is 0.595. The van der Waals surface area contributed by atoms with E-state index in [9.17, 15) is 14.4 Å². The summed E-state index contributed by atoms with van der Waals surface area (Å²) >= 11 is 1.22. The predicted octanol–water partition coefficient (Wildman–Crippen LogP) is 3.80. The van der Waals surface area contributed by atoms with Crippen LogP contribution in [-0.4, -0.2) is 46.7 Å². The molecule has 148 valence electrons. The zero-order valence-corrected chi connectivity index (χ0v) is 16.6. The van der Waals surface area contributed by atoms with Crippen molar-refractivity contribution >= 4 is 46.5 Å². The molecule has 29 heavy (non-hydrogen) atoms. The number of methoxy groups -OCH3 is 1. The van der Waals surface area contributed by atoms with E-state index < -0.39 is 11.9 Å². The summed E-state index contributed by atoms with van der Waals surface area (Å²) in [7, 11) is 1.32. The number of amides is 1. The van der Waals surface area contributed by atoms with Gasteiger partial charge in [0, 0.05) is 6.54 Å². The number of likely N-dealkylation sites (N-methyl/N-ethyl adjacent to an activating group) is 1. The molecule has 0 atom stereocenters. The minimum Gasteiger partial charge on any atom is -0.478 e. The molecule has 1 aliphatic heterocycles. The number of ether oxygens (including phenoxy) is 1. The molecule has 7 nitrogen and oxygen atoms in total.